The van der Waals surface area contributed by atoms with Gasteiger partial charge < -0.3 is 19.9 Å². The summed E-state index contributed by atoms with van der Waals surface area (Å²) in [6.07, 6.45) is 0.0932. The lowest BCUT2D eigenvalue weighted by atomic mass is 10.1. The molecule has 1 amide bonds. The second-order valence-electron chi connectivity index (χ2n) is 5.30. The number of aliphatic carboxylic acids is 1. The van der Waals surface area contributed by atoms with Crippen molar-refractivity contribution in [3.05, 3.63) is 44.4 Å². The van der Waals surface area contributed by atoms with Crippen molar-refractivity contribution >= 4 is 28.9 Å². The first-order chi connectivity index (χ1) is 12.9. The van der Waals surface area contributed by atoms with Gasteiger partial charge in [0.2, 0.25) is 0 Å². The maximum absolute atomic E-state index is 12.3. The minimum absolute atomic E-state index is 0.0761. The number of nitrogens with zero attached hydrogens (tertiary/aromatic N) is 2. The number of nitro groups is 1. The fourth-order valence-corrected chi connectivity index (χ4v) is 2.69. The van der Waals surface area contributed by atoms with E-state index in [0.29, 0.717) is 5.69 Å². The third kappa shape index (κ3) is 5.64. The fraction of sp³-hybridized carbons (Fsp3) is 0.312. The molecule has 0 atom stereocenters. The van der Waals surface area contributed by atoms with Crippen LogP contribution in [0.4, 0.5) is 5.69 Å². The molecule has 2 aromatic rings. The van der Waals surface area contributed by atoms with Crippen LogP contribution in [0.25, 0.3) is 0 Å². The number of carboxylic acids is 1. The molecule has 27 heavy (non-hydrogen) atoms. The molecule has 0 fully saturated rings. The van der Waals surface area contributed by atoms with Crippen LogP contribution in [-0.4, -0.2) is 40.5 Å². The predicted octanol–water partition coefficient (Wildman–Crippen LogP) is 2.23. The molecule has 144 valence electrons. The van der Waals surface area contributed by atoms with E-state index in [1.54, 1.807) is 10.9 Å². The molecule has 0 bridgehead atoms. The van der Waals surface area contributed by atoms with Crippen LogP contribution >= 0.6 is 11.3 Å². The van der Waals surface area contributed by atoms with E-state index in [9.17, 15) is 19.7 Å². The second kappa shape index (κ2) is 9.48. The molecule has 1 aromatic carbocycles. The first-order valence-electron chi connectivity index (χ1n) is 7.78. The molecule has 11 heteroatoms. The van der Waals surface area contributed by atoms with Crippen molar-refractivity contribution in [2.75, 3.05) is 13.7 Å². The molecule has 0 radical (unpaired) electrons. The topological polar surface area (TPSA) is 141 Å². The van der Waals surface area contributed by atoms with E-state index in [1.165, 1.54) is 24.5 Å². The highest BCUT2D eigenvalue weighted by Crippen LogP contribution is 2.35. The number of amides is 1. The van der Waals surface area contributed by atoms with Gasteiger partial charge >= 0.3 is 5.97 Å². The number of aromatic nitrogens is 1. The summed E-state index contributed by atoms with van der Waals surface area (Å²) in [5.74, 6) is -1.42. The van der Waals surface area contributed by atoms with E-state index in [0.717, 1.165) is 6.07 Å². The Morgan fingerprint density at radius 1 is 1.37 bits per heavy atom. The number of nitro benzene ring substituents is 1. The number of methoxy groups -OCH3 is 1. The van der Waals surface area contributed by atoms with Crippen molar-refractivity contribution in [3.8, 4) is 11.5 Å². The summed E-state index contributed by atoms with van der Waals surface area (Å²) in [5, 5.41) is 24.2. The molecular formula is C16H17N3O7S. The Balaban J connectivity index is 2.19. The Morgan fingerprint density at radius 3 is 2.74 bits per heavy atom. The monoisotopic (exact) mass is 395 g/mol. The number of ether oxygens (including phenoxy) is 2. The summed E-state index contributed by atoms with van der Waals surface area (Å²) in [6, 6.07) is 2.35. The van der Waals surface area contributed by atoms with Gasteiger partial charge in [0, 0.05) is 24.4 Å². The molecular weight excluding hydrogens is 378 g/mol. The van der Waals surface area contributed by atoms with Gasteiger partial charge in [0.1, 0.15) is 12.2 Å². The second-order valence-corrected chi connectivity index (χ2v) is 6.02. The number of carbonyl (C=O) groups excluding carboxylic acids is 1. The Kier molecular flexibility index (Phi) is 7.06. The van der Waals surface area contributed by atoms with E-state index in [2.05, 4.69) is 10.3 Å². The third-order valence-electron chi connectivity index (χ3n) is 3.44. The predicted molar refractivity (Wildman–Crippen MR) is 95.3 cm³/mol. The summed E-state index contributed by atoms with van der Waals surface area (Å²) in [5.41, 5.74) is 1.65. The lowest BCUT2D eigenvalue weighted by Crippen LogP contribution is -2.25. The summed E-state index contributed by atoms with van der Waals surface area (Å²) in [7, 11) is 1.35. The molecule has 0 saturated heterocycles. The quantitative estimate of drug-likeness (QED) is 0.354. The Morgan fingerprint density at radius 2 is 2.15 bits per heavy atom. The average molecular weight is 395 g/mol. The molecule has 0 unspecified atom stereocenters. The zero-order valence-electron chi connectivity index (χ0n) is 14.3. The lowest BCUT2D eigenvalue weighted by Gasteiger charge is -2.12. The van der Waals surface area contributed by atoms with Gasteiger partial charge in [-0.25, -0.2) is 4.98 Å². The van der Waals surface area contributed by atoms with Crippen LogP contribution in [0, 0.1) is 10.1 Å². The van der Waals surface area contributed by atoms with Gasteiger partial charge in [-0.1, -0.05) is 0 Å². The molecule has 0 aliphatic carbocycles. The molecule has 0 spiro atoms. The maximum atomic E-state index is 12.3. The summed E-state index contributed by atoms with van der Waals surface area (Å²) < 4.78 is 10.7. The van der Waals surface area contributed by atoms with Gasteiger partial charge in [-0.3, -0.25) is 19.7 Å². The molecule has 2 rings (SSSR count). The van der Waals surface area contributed by atoms with E-state index < -0.39 is 22.5 Å². The van der Waals surface area contributed by atoms with Crippen molar-refractivity contribution in [2.45, 2.75) is 19.4 Å². The normalized spacial score (nSPS) is 10.3. The van der Waals surface area contributed by atoms with Gasteiger partial charge in [0.05, 0.1) is 29.3 Å². The number of carbonyl (C=O) groups is 2. The highest BCUT2D eigenvalue weighted by Gasteiger charge is 2.24. The summed E-state index contributed by atoms with van der Waals surface area (Å²) in [4.78, 5) is 37.5. The maximum Gasteiger partial charge on any atom is 0.303 e. The van der Waals surface area contributed by atoms with Gasteiger partial charge in [-0.15, -0.1) is 11.3 Å². The molecule has 0 saturated carbocycles. The molecule has 1 heterocycles. The molecule has 10 nitrogen and oxygen atoms in total. The van der Waals surface area contributed by atoms with E-state index in [4.69, 9.17) is 14.6 Å². The van der Waals surface area contributed by atoms with Crippen LogP contribution in [0.2, 0.25) is 0 Å². The average Bonchev–Trinajstić information content (AvgIpc) is 3.15. The van der Waals surface area contributed by atoms with Gasteiger partial charge in [0.25, 0.3) is 11.6 Å². The number of thiazole rings is 1. The van der Waals surface area contributed by atoms with Crippen molar-refractivity contribution in [2.24, 2.45) is 0 Å². The van der Waals surface area contributed by atoms with E-state index in [-0.39, 0.29) is 43.1 Å². The number of benzene rings is 1. The highest BCUT2D eigenvalue weighted by atomic mass is 32.1. The van der Waals surface area contributed by atoms with Gasteiger partial charge in [-0.2, -0.15) is 0 Å². The molecule has 0 aliphatic rings. The molecule has 1 aromatic heterocycles. The van der Waals surface area contributed by atoms with Crippen molar-refractivity contribution < 1.29 is 29.1 Å². The SMILES string of the molecule is COc1cc(C(=O)NCCCC(=O)O)c([N+](=O)[O-])cc1OCc1cscn1. The Bertz CT molecular complexity index is 824. The number of hydrogen-bond acceptors (Lipinski definition) is 8. The lowest BCUT2D eigenvalue weighted by molar-refractivity contribution is -0.385. The standard InChI is InChI=1S/C16H17N3O7S/c1-25-13-5-11(16(22)17-4-2-3-15(20)21)12(19(23)24)6-14(13)26-7-10-8-27-9-18-10/h5-6,8-9H,2-4,7H2,1H3,(H,17,22)(H,20,21). The first-order valence-corrected chi connectivity index (χ1v) is 8.73. The van der Waals surface area contributed by atoms with Gasteiger partial charge in [-0.05, 0) is 6.42 Å². The number of rotatable bonds is 10. The first kappa shape index (κ1) is 20.1. The summed E-state index contributed by atoms with van der Waals surface area (Å²) >= 11 is 1.39. The number of carboxylic acid groups (broad SMARTS) is 1. The minimum atomic E-state index is -0.987. The highest BCUT2D eigenvalue weighted by molar-refractivity contribution is 7.07. The zero-order valence-corrected chi connectivity index (χ0v) is 15.2. The number of nitrogens with one attached hydrogen (secondary N) is 1. The zero-order chi connectivity index (χ0) is 19.8. The van der Waals surface area contributed by atoms with Crippen LogP contribution in [0.3, 0.4) is 0 Å². The minimum Gasteiger partial charge on any atom is -0.493 e. The van der Waals surface area contributed by atoms with E-state index in [1.807, 2.05) is 0 Å². The van der Waals surface area contributed by atoms with Crippen LogP contribution in [0.1, 0.15) is 28.9 Å². The van der Waals surface area contributed by atoms with Crippen molar-refractivity contribution in [1.29, 1.82) is 0 Å². The van der Waals surface area contributed by atoms with Crippen LogP contribution < -0.4 is 14.8 Å². The third-order valence-corrected chi connectivity index (χ3v) is 4.07. The van der Waals surface area contributed by atoms with Crippen LogP contribution in [-0.2, 0) is 11.4 Å². The van der Waals surface area contributed by atoms with Gasteiger partial charge in [0.15, 0.2) is 11.5 Å². The molecule has 0 aliphatic heterocycles. The van der Waals surface area contributed by atoms with Crippen LogP contribution in [0.5, 0.6) is 11.5 Å². The largest absolute Gasteiger partial charge is 0.493 e. The van der Waals surface area contributed by atoms with Crippen molar-refractivity contribution in [1.82, 2.24) is 10.3 Å². The fourth-order valence-electron chi connectivity index (χ4n) is 2.15. The van der Waals surface area contributed by atoms with Crippen LogP contribution in [0.15, 0.2) is 23.0 Å². The smallest absolute Gasteiger partial charge is 0.303 e. The number of hydrogen-bond donors (Lipinski definition) is 2. The summed E-state index contributed by atoms with van der Waals surface area (Å²) in [6.45, 7) is 0.171. The Hall–Kier alpha value is -3.21. The van der Waals surface area contributed by atoms with E-state index >= 15 is 0 Å². The van der Waals surface area contributed by atoms with Crippen molar-refractivity contribution in [3.63, 3.8) is 0 Å². The Labute approximate surface area is 157 Å². The molecule has 2 N–H and O–H groups in total.